The number of aromatic hydroxyl groups is 1. The fourth-order valence-corrected chi connectivity index (χ4v) is 4.42. The largest absolute Gasteiger partial charge is 0.508 e. The maximum Gasteiger partial charge on any atom is 0.408 e. The van der Waals surface area contributed by atoms with Crippen molar-refractivity contribution < 1.29 is 29.0 Å². The molecule has 3 amide bonds. The first-order valence-corrected chi connectivity index (χ1v) is 13.2. The zero-order chi connectivity index (χ0) is 28.0. The van der Waals surface area contributed by atoms with Gasteiger partial charge in [0.25, 0.3) is 5.91 Å². The summed E-state index contributed by atoms with van der Waals surface area (Å²) in [6, 6.07) is 9.50. The molecule has 1 aliphatic rings. The van der Waals surface area contributed by atoms with Crippen LogP contribution in [0.4, 0.5) is 10.5 Å². The molecule has 3 N–H and O–H groups in total. The number of hydrogen-bond acceptors (Lipinski definition) is 7. The molecule has 2 atom stereocenters. The summed E-state index contributed by atoms with van der Waals surface area (Å²) in [5.74, 6) is -0.107. The third kappa shape index (κ3) is 7.34. The summed E-state index contributed by atoms with van der Waals surface area (Å²) < 4.78 is 10.5. The minimum Gasteiger partial charge on any atom is -0.508 e. The number of amides is 3. The molecule has 0 bridgehead atoms. The second kappa shape index (κ2) is 12.4. The fourth-order valence-electron chi connectivity index (χ4n) is 4.17. The first-order chi connectivity index (χ1) is 17.9. The highest BCUT2D eigenvalue weighted by molar-refractivity contribution is 7.80. The highest BCUT2D eigenvalue weighted by atomic mass is 32.1. The number of hydrogen-bond donors (Lipinski definition) is 4. The van der Waals surface area contributed by atoms with Gasteiger partial charge in [-0.3, -0.25) is 9.59 Å². The lowest BCUT2D eigenvalue weighted by Crippen LogP contribution is -2.57. The van der Waals surface area contributed by atoms with Crippen LogP contribution in [-0.2, 0) is 14.3 Å². The molecule has 0 radical (unpaired) electrons. The maximum atomic E-state index is 14.0. The van der Waals surface area contributed by atoms with E-state index < -0.39 is 35.6 Å². The third-order valence-corrected chi connectivity index (χ3v) is 6.68. The molecule has 2 unspecified atom stereocenters. The molecule has 1 saturated carbocycles. The highest BCUT2D eigenvalue weighted by Gasteiger charge is 2.42. The molecule has 3 rings (SSSR count). The Morgan fingerprint density at radius 1 is 1.13 bits per heavy atom. The topological polar surface area (TPSA) is 117 Å². The van der Waals surface area contributed by atoms with Crippen LogP contribution in [0.5, 0.6) is 11.5 Å². The number of benzene rings is 2. The van der Waals surface area contributed by atoms with E-state index in [4.69, 9.17) is 9.47 Å². The lowest BCUT2D eigenvalue weighted by Gasteiger charge is -2.43. The van der Waals surface area contributed by atoms with E-state index in [0.717, 1.165) is 19.3 Å². The lowest BCUT2D eigenvalue weighted by atomic mass is 9.88. The van der Waals surface area contributed by atoms with Crippen molar-refractivity contribution in [3.8, 4) is 11.5 Å². The van der Waals surface area contributed by atoms with Gasteiger partial charge in [-0.05, 0) is 94.5 Å². The number of alkyl carbamates (subject to hydrolysis) is 1. The molecule has 38 heavy (non-hydrogen) atoms. The van der Waals surface area contributed by atoms with Gasteiger partial charge in [0.1, 0.15) is 29.2 Å². The average Bonchev–Trinajstić information content (AvgIpc) is 2.82. The lowest BCUT2D eigenvalue weighted by molar-refractivity contribution is -0.145. The normalized spacial score (nSPS) is 15.0. The van der Waals surface area contributed by atoms with Crippen LogP contribution >= 0.6 is 12.6 Å². The summed E-state index contributed by atoms with van der Waals surface area (Å²) in [5, 5.41) is 15.6. The molecule has 0 heterocycles. The highest BCUT2D eigenvalue weighted by Crippen LogP contribution is 2.35. The van der Waals surface area contributed by atoms with E-state index in [1.807, 2.05) is 0 Å². The Morgan fingerprint density at radius 3 is 2.29 bits per heavy atom. The summed E-state index contributed by atoms with van der Waals surface area (Å²) in [4.78, 5) is 41.9. The van der Waals surface area contributed by atoms with Gasteiger partial charge >= 0.3 is 6.09 Å². The Morgan fingerprint density at radius 2 is 1.79 bits per heavy atom. The minimum absolute atomic E-state index is 0.0166. The summed E-state index contributed by atoms with van der Waals surface area (Å²) in [6.45, 7) is 6.93. The first kappa shape index (κ1) is 29.2. The van der Waals surface area contributed by atoms with Gasteiger partial charge in [-0.15, -0.1) is 0 Å². The van der Waals surface area contributed by atoms with Crippen molar-refractivity contribution in [3.63, 3.8) is 0 Å². The molecule has 1 fully saturated rings. The van der Waals surface area contributed by atoms with E-state index in [2.05, 4.69) is 23.3 Å². The summed E-state index contributed by atoms with van der Waals surface area (Å²) in [5.41, 5.74) is 0.909. The van der Waals surface area contributed by atoms with Gasteiger partial charge in [0.05, 0.1) is 7.11 Å². The number of carbonyl (C=O) groups excluding carboxylic acids is 3. The number of aryl methyl sites for hydroxylation is 1. The van der Waals surface area contributed by atoms with Gasteiger partial charge in [0, 0.05) is 17.5 Å². The van der Waals surface area contributed by atoms with E-state index in [1.54, 1.807) is 76.1 Å². The number of nitrogens with zero attached hydrogens (tertiary/aromatic N) is 1. The van der Waals surface area contributed by atoms with Crippen LogP contribution < -0.4 is 15.4 Å². The molecule has 0 spiro atoms. The summed E-state index contributed by atoms with van der Waals surface area (Å²) in [7, 11) is 1.56. The second-order valence-corrected chi connectivity index (χ2v) is 10.7. The number of rotatable bonds is 9. The molecule has 10 heteroatoms. The van der Waals surface area contributed by atoms with Crippen LogP contribution in [0.15, 0.2) is 42.5 Å². The number of phenols is 1. The van der Waals surface area contributed by atoms with E-state index >= 15 is 0 Å². The van der Waals surface area contributed by atoms with Crippen LogP contribution in [0.1, 0.15) is 57.2 Å². The van der Waals surface area contributed by atoms with Gasteiger partial charge in [-0.25, -0.2) is 4.79 Å². The smallest absolute Gasteiger partial charge is 0.408 e. The van der Waals surface area contributed by atoms with E-state index in [-0.39, 0.29) is 17.5 Å². The van der Waals surface area contributed by atoms with Gasteiger partial charge < -0.3 is 30.1 Å². The molecule has 206 valence electrons. The molecular formula is C28H37N3O6S. The van der Waals surface area contributed by atoms with Crippen molar-refractivity contribution in [2.45, 2.75) is 70.7 Å². The number of anilines is 1. The van der Waals surface area contributed by atoms with Crippen LogP contribution in [0.2, 0.25) is 0 Å². The Bertz CT molecular complexity index is 1140. The average molecular weight is 544 g/mol. The molecule has 0 aromatic heterocycles. The molecule has 9 nitrogen and oxygen atoms in total. The predicted molar refractivity (Wildman–Crippen MR) is 149 cm³/mol. The van der Waals surface area contributed by atoms with E-state index in [1.165, 1.54) is 6.07 Å². The molecule has 1 aliphatic carbocycles. The second-order valence-electron chi connectivity index (χ2n) is 10.4. The van der Waals surface area contributed by atoms with Crippen LogP contribution in [0.25, 0.3) is 0 Å². The number of thiol groups is 1. The van der Waals surface area contributed by atoms with Gasteiger partial charge in [-0.1, -0.05) is 6.07 Å². The molecule has 2 aromatic carbocycles. The zero-order valence-corrected chi connectivity index (χ0v) is 23.4. The molecular weight excluding hydrogens is 506 g/mol. The maximum absolute atomic E-state index is 14.0. The monoisotopic (exact) mass is 543 g/mol. The number of ether oxygens (including phenoxy) is 2. The van der Waals surface area contributed by atoms with Crippen LogP contribution in [0.3, 0.4) is 0 Å². The first-order valence-electron chi connectivity index (χ1n) is 12.6. The summed E-state index contributed by atoms with van der Waals surface area (Å²) in [6.07, 6.45) is 1.63. The quantitative estimate of drug-likeness (QED) is 0.344. The fraction of sp³-hybridized carbons (Fsp3) is 0.464. The van der Waals surface area contributed by atoms with Crippen molar-refractivity contribution in [3.05, 3.63) is 53.6 Å². The minimum atomic E-state index is -1.02. The Hall–Kier alpha value is -3.40. The van der Waals surface area contributed by atoms with Gasteiger partial charge in [-0.2, -0.15) is 12.6 Å². The van der Waals surface area contributed by atoms with E-state index in [9.17, 15) is 19.5 Å². The Labute approximate surface area is 229 Å². The van der Waals surface area contributed by atoms with Gasteiger partial charge in [0.15, 0.2) is 0 Å². The van der Waals surface area contributed by atoms with Crippen molar-refractivity contribution in [2.24, 2.45) is 0 Å². The molecule has 0 aliphatic heterocycles. The van der Waals surface area contributed by atoms with Crippen molar-refractivity contribution in [1.82, 2.24) is 10.2 Å². The number of carbonyl (C=O) groups is 3. The number of phenolic OH excluding ortho intramolecular Hbond substituents is 1. The Balaban J connectivity index is 1.99. The molecule has 0 saturated heterocycles. The standard InChI is InChI=1S/C28H37N3O6S/c1-17-15-18(9-14-23(17)32)24(25(33)29-19-10-12-21(36-5)13-11-19)31(20-7-6-8-20)26(34)22(16-38)30-27(35)37-28(2,3)4/h9-15,20,22,24,32,38H,6-8,16H2,1-5H3,(H,29,33)(H,30,35). The summed E-state index contributed by atoms with van der Waals surface area (Å²) >= 11 is 4.32. The SMILES string of the molecule is COc1ccc(NC(=O)C(c2ccc(O)c(C)c2)N(C(=O)C(CS)NC(=O)OC(C)(C)C)C2CCC2)cc1. The van der Waals surface area contributed by atoms with Crippen molar-refractivity contribution in [2.75, 3.05) is 18.2 Å². The van der Waals surface area contributed by atoms with Crippen molar-refractivity contribution >= 4 is 36.2 Å². The third-order valence-electron chi connectivity index (χ3n) is 6.31. The van der Waals surface area contributed by atoms with Crippen molar-refractivity contribution in [1.29, 1.82) is 0 Å². The Kier molecular flexibility index (Phi) is 9.54. The van der Waals surface area contributed by atoms with Gasteiger partial charge in [0.2, 0.25) is 5.91 Å². The predicted octanol–water partition coefficient (Wildman–Crippen LogP) is 4.59. The number of methoxy groups -OCH3 is 1. The van der Waals surface area contributed by atoms with E-state index in [0.29, 0.717) is 22.6 Å². The molecule has 2 aromatic rings. The van der Waals surface area contributed by atoms with Crippen LogP contribution in [-0.4, -0.2) is 58.5 Å². The zero-order valence-electron chi connectivity index (χ0n) is 22.5. The number of nitrogens with one attached hydrogen (secondary N) is 2. The van der Waals surface area contributed by atoms with Crippen LogP contribution in [0, 0.1) is 6.92 Å².